The Bertz CT molecular complexity index is 2700. The smallest absolute Gasteiger partial charge is 0.324 e. The van der Waals surface area contributed by atoms with Crippen molar-refractivity contribution < 1.29 is 38.6 Å². The fraction of sp³-hybridized carbons (Fsp3) is 0.558. The summed E-state index contributed by atoms with van der Waals surface area (Å²) in [5, 5.41) is 16.7. The highest BCUT2D eigenvalue weighted by molar-refractivity contribution is 7.10. The van der Waals surface area contributed by atoms with Crippen molar-refractivity contribution in [2.24, 2.45) is 17.3 Å². The number of esters is 1. The Morgan fingerprint density at radius 3 is 2.55 bits per heavy atom. The quantitative estimate of drug-likeness (QED) is 0.0962. The zero-order valence-electron chi connectivity index (χ0n) is 42.9. The number of amides is 5. The van der Waals surface area contributed by atoms with Crippen LogP contribution in [0.25, 0.3) is 33.4 Å². The number of fused-ring (bicyclic) bond motifs is 6. The Morgan fingerprint density at radius 2 is 1.86 bits per heavy atom. The maximum absolute atomic E-state index is 14.8. The molecule has 4 aliphatic rings. The number of thiazole rings is 1. The molecule has 3 N–H and O–H groups in total. The molecule has 5 amide bonds. The van der Waals surface area contributed by atoms with Crippen molar-refractivity contribution in [3.05, 3.63) is 70.3 Å². The van der Waals surface area contributed by atoms with Gasteiger partial charge in [-0.25, -0.2) is 20.6 Å². The van der Waals surface area contributed by atoms with E-state index in [9.17, 15) is 29.1 Å². The minimum absolute atomic E-state index is 0.134. The number of hydrazine groups is 2. The van der Waals surface area contributed by atoms with Gasteiger partial charge in [0.05, 0.1) is 52.4 Å². The van der Waals surface area contributed by atoms with Crippen molar-refractivity contribution in [2.45, 2.75) is 124 Å². The molecule has 3 fully saturated rings. The van der Waals surface area contributed by atoms with Crippen LogP contribution in [0.2, 0.25) is 0 Å². The maximum Gasteiger partial charge on any atom is 0.324 e. The van der Waals surface area contributed by atoms with Gasteiger partial charge in [-0.1, -0.05) is 33.8 Å². The number of methoxy groups -OCH3 is 1. The van der Waals surface area contributed by atoms with Gasteiger partial charge in [-0.05, 0) is 88.8 Å². The van der Waals surface area contributed by atoms with Gasteiger partial charge in [-0.2, -0.15) is 0 Å². The van der Waals surface area contributed by atoms with Gasteiger partial charge in [0.25, 0.3) is 5.91 Å². The highest BCUT2D eigenvalue weighted by Crippen LogP contribution is 2.42. The highest BCUT2D eigenvalue weighted by atomic mass is 32.1. The Balaban J connectivity index is 1.09. The number of benzene rings is 1. The van der Waals surface area contributed by atoms with Crippen molar-refractivity contribution in [3.8, 4) is 22.5 Å². The third kappa shape index (κ3) is 10.7. The second kappa shape index (κ2) is 20.4. The lowest BCUT2D eigenvalue weighted by molar-refractivity contribution is -0.155. The average molecular weight is 995 g/mol. The molecule has 18 nitrogen and oxygen atoms in total. The number of rotatable bonds is 11. The fourth-order valence-corrected chi connectivity index (χ4v) is 11.0. The van der Waals surface area contributed by atoms with Crippen molar-refractivity contribution in [3.63, 3.8) is 0 Å². The lowest BCUT2D eigenvalue weighted by Crippen LogP contribution is -2.63. The van der Waals surface area contributed by atoms with Crippen molar-refractivity contribution in [1.29, 1.82) is 0 Å². The number of aromatic nitrogens is 3. The molecule has 4 aliphatic heterocycles. The van der Waals surface area contributed by atoms with E-state index < -0.39 is 41.2 Å². The van der Waals surface area contributed by atoms with Crippen LogP contribution >= 0.6 is 11.3 Å². The van der Waals surface area contributed by atoms with E-state index in [-0.39, 0.29) is 54.8 Å². The van der Waals surface area contributed by atoms with Gasteiger partial charge in [0.1, 0.15) is 18.2 Å². The second-order valence-corrected chi connectivity index (χ2v) is 22.1. The minimum atomic E-state index is -1.13. The Morgan fingerprint density at radius 1 is 1.11 bits per heavy atom. The first-order valence-electron chi connectivity index (χ1n) is 24.7. The van der Waals surface area contributed by atoms with Crippen molar-refractivity contribution in [2.75, 3.05) is 47.4 Å². The van der Waals surface area contributed by atoms with Crippen LogP contribution in [0, 0.1) is 17.3 Å². The van der Waals surface area contributed by atoms with E-state index in [1.165, 1.54) is 38.4 Å². The molecule has 0 aliphatic carbocycles. The molecule has 8 rings (SSSR count). The summed E-state index contributed by atoms with van der Waals surface area (Å²) in [5.41, 5.74) is 11.4. The standard InChI is InChI=1S/C52H70N10O8S/c1-12-60-40-18-17-32-23-35(40)37(45(60)34-15-13-21-53-43(34)31(4)69-11)25-51(5,6)29-70-49(66)38-16-14-22-61(55-38)47(64)36(24-41-54-39(32)28-71-41)46-56-62(46)48(65)44(30(2)3)58(10)50(67)57(9)33-26-59(27-33)42(63)19-20-52(7,8)68/h13,15,17-21,23,28,30-31,33,36,38,44,46,55-56,68H,12,14,16,22,24-27,29H2,1-11H3/b20-19+/t31-,36?,38-,44-,46?,62?/m0/s1. The molecule has 1 aromatic carbocycles. The van der Waals surface area contributed by atoms with E-state index in [2.05, 4.69) is 60.5 Å². The van der Waals surface area contributed by atoms with Crippen LogP contribution in [-0.2, 0) is 48.0 Å². The summed E-state index contributed by atoms with van der Waals surface area (Å²) in [6.45, 7) is 17.0. The zero-order valence-corrected chi connectivity index (χ0v) is 43.7. The van der Waals surface area contributed by atoms with Gasteiger partial charge in [0, 0.05) is 98.9 Å². The molecule has 71 heavy (non-hydrogen) atoms. The number of hydrogen-bond donors (Lipinski definition) is 3. The Labute approximate surface area is 420 Å². The fourth-order valence-electron chi connectivity index (χ4n) is 10.1. The van der Waals surface area contributed by atoms with Crippen LogP contribution in [0.4, 0.5) is 4.79 Å². The first-order valence-corrected chi connectivity index (χ1v) is 25.6. The molecular formula is C52H70N10O8S. The largest absolute Gasteiger partial charge is 0.464 e. The van der Waals surface area contributed by atoms with E-state index in [0.717, 1.165) is 44.7 Å². The van der Waals surface area contributed by atoms with Crippen molar-refractivity contribution >= 4 is 52.0 Å². The summed E-state index contributed by atoms with van der Waals surface area (Å²) in [6, 6.07) is 8.16. The number of likely N-dealkylation sites (tertiary alicyclic amines) is 1. The summed E-state index contributed by atoms with van der Waals surface area (Å²) in [7, 11) is 4.94. The van der Waals surface area contributed by atoms with E-state index >= 15 is 0 Å². The lowest BCUT2D eigenvalue weighted by Gasteiger charge is -2.45. The Hall–Kier alpha value is -5.73. The number of likely N-dealkylation sites (N-methyl/N-ethyl adjacent to an activating group) is 2. The van der Waals surface area contributed by atoms with Crippen LogP contribution in [0.1, 0.15) is 90.6 Å². The number of aliphatic hydroxyl groups is 1. The molecule has 3 saturated heterocycles. The molecule has 2 unspecified atom stereocenters. The van der Waals surface area contributed by atoms with Crippen LogP contribution in [0.3, 0.4) is 0 Å². The average Bonchev–Trinajstić information content (AvgIpc) is 3.88. The van der Waals surface area contributed by atoms with Crippen LogP contribution in [-0.4, -0.2) is 151 Å². The number of hydrogen-bond acceptors (Lipinski definition) is 13. The predicted molar refractivity (Wildman–Crippen MR) is 270 cm³/mol. The maximum atomic E-state index is 14.8. The van der Waals surface area contributed by atoms with Gasteiger partial charge in [0.2, 0.25) is 11.8 Å². The first kappa shape index (κ1) is 51.6. The Kier molecular flexibility index (Phi) is 14.8. The van der Waals surface area contributed by atoms with E-state index in [1.54, 1.807) is 51.0 Å². The van der Waals surface area contributed by atoms with E-state index in [4.69, 9.17) is 19.4 Å². The summed E-state index contributed by atoms with van der Waals surface area (Å²) in [4.78, 5) is 84.6. The lowest BCUT2D eigenvalue weighted by atomic mass is 9.84. The molecule has 5 atom stereocenters. The van der Waals surface area contributed by atoms with Crippen molar-refractivity contribution in [1.82, 2.24) is 50.1 Å². The third-order valence-electron chi connectivity index (χ3n) is 14.2. The van der Waals surface area contributed by atoms with E-state index in [1.807, 2.05) is 32.2 Å². The number of carbonyl (C=O) groups is 5. The topological polar surface area (TPSA) is 205 Å². The molecule has 19 heteroatoms. The number of pyridine rings is 1. The molecule has 0 spiro atoms. The van der Waals surface area contributed by atoms with Crippen LogP contribution in [0.5, 0.6) is 0 Å². The molecule has 0 radical (unpaired) electrons. The van der Waals surface area contributed by atoms with Gasteiger partial charge >= 0.3 is 12.0 Å². The number of carbonyl (C=O) groups excluding carboxylic acids is 5. The summed E-state index contributed by atoms with van der Waals surface area (Å²) in [5.74, 6) is -2.46. The monoisotopic (exact) mass is 995 g/mol. The number of ether oxygens (including phenoxy) is 2. The summed E-state index contributed by atoms with van der Waals surface area (Å²) < 4.78 is 14.3. The molecule has 6 bridgehead atoms. The molecule has 0 saturated carbocycles. The molecular weight excluding hydrogens is 925 g/mol. The molecule has 7 heterocycles. The summed E-state index contributed by atoms with van der Waals surface area (Å²) >= 11 is 1.45. The van der Waals surface area contributed by atoms with Crippen LogP contribution < -0.4 is 10.9 Å². The first-order chi connectivity index (χ1) is 33.6. The molecule has 3 aromatic heterocycles. The summed E-state index contributed by atoms with van der Waals surface area (Å²) in [6.07, 6.45) is 5.40. The second-order valence-electron chi connectivity index (χ2n) is 21.2. The van der Waals surface area contributed by atoms with Crippen LogP contribution in [0.15, 0.2) is 54.1 Å². The third-order valence-corrected chi connectivity index (χ3v) is 15.1. The van der Waals surface area contributed by atoms with Gasteiger partial charge in [-0.3, -0.25) is 34.2 Å². The number of aryl methyl sites for hydroxylation is 1. The van der Waals surface area contributed by atoms with E-state index in [0.29, 0.717) is 50.4 Å². The van der Waals surface area contributed by atoms with Gasteiger partial charge in [0.15, 0.2) is 0 Å². The number of nitrogens with zero attached hydrogens (tertiary/aromatic N) is 8. The number of cyclic esters (lactones) is 1. The minimum Gasteiger partial charge on any atom is -0.464 e. The predicted octanol–water partition coefficient (Wildman–Crippen LogP) is 5.55. The van der Waals surface area contributed by atoms with Gasteiger partial charge < -0.3 is 33.8 Å². The number of nitrogens with one attached hydrogen (secondary N) is 2. The highest BCUT2D eigenvalue weighted by Gasteiger charge is 2.52. The number of urea groups is 1. The normalized spacial score (nSPS) is 21.8. The van der Waals surface area contributed by atoms with Gasteiger partial charge in [-0.15, -0.1) is 11.3 Å². The molecule has 382 valence electrons. The SMILES string of the molecule is CCn1c(-c2cccnc2[C@H](C)OC)c2c3cc(ccc31)-c1csc(n1)CC(C1NN1C(=O)[C@H](C(C)C)N(C)C(=O)N(C)C1CN(C(=O)/C=C/C(C)(C)O)C1)C(=O)N1CCC[C@H](N1)C(=O)OCC(C)(C)C2. The zero-order chi connectivity index (χ0) is 51.3. The molecule has 4 aromatic rings.